The zero-order valence-corrected chi connectivity index (χ0v) is 11.7. The smallest absolute Gasteiger partial charge is 0.240 e. The molecule has 1 aromatic carbocycles. The van der Waals surface area contributed by atoms with Crippen molar-refractivity contribution in [2.45, 2.75) is 30.6 Å². The Hall–Kier alpha value is -1.07. The summed E-state index contributed by atoms with van der Waals surface area (Å²) in [5.41, 5.74) is 6.11. The first kappa shape index (κ1) is 12.9. The van der Waals surface area contributed by atoms with Crippen molar-refractivity contribution in [2.24, 2.45) is 17.8 Å². The van der Waals surface area contributed by atoms with Crippen molar-refractivity contribution in [1.29, 1.82) is 0 Å². The first-order chi connectivity index (χ1) is 9.04. The highest BCUT2D eigenvalue weighted by Gasteiger charge is 2.39. The second-order valence-electron chi connectivity index (χ2n) is 5.86. The van der Waals surface area contributed by atoms with Crippen LogP contribution >= 0.6 is 0 Å². The maximum absolute atomic E-state index is 12.2. The van der Waals surface area contributed by atoms with Gasteiger partial charge in [0.25, 0.3) is 0 Å². The van der Waals surface area contributed by atoms with Crippen LogP contribution in [0.5, 0.6) is 0 Å². The van der Waals surface area contributed by atoms with Crippen LogP contribution in [-0.2, 0) is 10.0 Å². The third kappa shape index (κ3) is 2.62. The van der Waals surface area contributed by atoms with Crippen molar-refractivity contribution < 1.29 is 8.42 Å². The van der Waals surface area contributed by atoms with Crippen LogP contribution in [0.15, 0.2) is 29.2 Å². The quantitative estimate of drug-likeness (QED) is 0.828. The first-order valence-electron chi connectivity index (χ1n) is 6.90. The fraction of sp³-hybridized carbons (Fsp3) is 0.571. The predicted molar refractivity (Wildman–Crippen MR) is 75.0 cm³/mol. The van der Waals surface area contributed by atoms with Gasteiger partial charge in [-0.1, -0.05) is 12.5 Å². The molecule has 4 nitrogen and oxygen atoms in total. The molecule has 3 atom stereocenters. The standard InChI is InChI=1S/C14H20N2O2S/c15-13-2-1-3-14(8-13)19(17,18)16-9-12-7-10-4-5-11(12)6-10/h1-3,8,10-12,16H,4-7,9,15H2. The monoisotopic (exact) mass is 280 g/mol. The summed E-state index contributed by atoms with van der Waals surface area (Å²) in [6.07, 6.45) is 5.09. The second kappa shape index (κ2) is 4.80. The van der Waals surface area contributed by atoms with Gasteiger partial charge in [0.15, 0.2) is 0 Å². The molecular weight excluding hydrogens is 260 g/mol. The molecule has 3 rings (SSSR count). The largest absolute Gasteiger partial charge is 0.399 e. The molecule has 2 bridgehead atoms. The molecule has 2 saturated carbocycles. The van der Waals surface area contributed by atoms with Gasteiger partial charge in [-0.25, -0.2) is 13.1 Å². The van der Waals surface area contributed by atoms with E-state index in [2.05, 4.69) is 4.72 Å². The summed E-state index contributed by atoms with van der Waals surface area (Å²) in [6, 6.07) is 6.44. The van der Waals surface area contributed by atoms with Crippen LogP contribution in [0.2, 0.25) is 0 Å². The van der Waals surface area contributed by atoms with Gasteiger partial charge in [0, 0.05) is 12.2 Å². The molecule has 2 fully saturated rings. The topological polar surface area (TPSA) is 72.2 Å². The zero-order chi connectivity index (χ0) is 13.5. The molecule has 1 aromatic rings. The van der Waals surface area contributed by atoms with E-state index in [9.17, 15) is 8.42 Å². The fourth-order valence-electron chi connectivity index (χ4n) is 3.61. The van der Waals surface area contributed by atoms with Gasteiger partial charge in [0.1, 0.15) is 0 Å². The van der Waals surface area contributed by atoms with Crippen molar-refractivity contribution in [3.8, 4) is 0 Å². The van der Waals surface area contributed by atoms with E-state index in [0.29, 0.717) is 18.2 Å². The molecule has 0 saturated heterocycles. The molecule has 19 heavy (non-hydrogen) atoms. The maximum Gasteiger partial charge on any atom is 0.240 e. The second-order valence-corrected chi connectivity index (χ2v) is 7.63. The van der Waals surface area contributed by atoms with E-state index in [0.717, 1.165) is 11.8 Å². The molecule has 3 unspecified atom stereocenters. The van der Waals surface area contributed by atoms with Gasteiger partial charge >= 0.3 is 0 Å². The first-order valence-corrected chi connectivity index (χ1v) is 8.38. The SMILES string of the molecule is Nc1cccc(S(=O)(=O)NCC2CC3CCC2C3)c1. The lowest BCUT2D eigenvalue weighted by molar-refractivity contribution is 0.333. The molecule has 0 radical (unpaired) electrons. The number of sulfonamides is 1. The Labute approximate surface area is 114 Å². The minimum Gasteiger partial charge on any atom is -0.399 e. The van der Waals surface area contributed by atoms with Gasteiger partial charge in [0.2, 0.25) is 10.0 Å². The molecule has 5 heteroatoms. The van der Waals surface area contributed by atoms with Gasteiger partial charge < -0.3 is 5.73 Å². The normalized spacial score (nSPS) is 29.8. The summed E-state index contributed by atoms with van der Waals surface area (Å²) in [5, 5.41) is 0. The van der Waals surface area contributed by atoms with Gasteiger partial charge in [0.05, 0.1) is 4.90 Å². The Morgan fingerprint density at radius 3 is 2.74 bits per heavy atom. The van der Waals surface area contributed by atoms with Crippen molar-refractivity contribution in [3.05, 3.63) is 24.3 Å². The summed E-state index contributed by atoms with van der Waals surface area (Å²) in [5.74, 6) is 2.09. The van der Waals surface area contributed by atoms with Crippen LogP contribution in [0, 0.1) is 17.8 Å². The van der Waals surface area contributed by atoms with Gasteiger partial charge in [-0.2, -0.15) is 0 Å². The molecule has 104 valence electrons. The van der Waals surface area contributed by atoms with E-state index in [4.69, 9.17) is 5.73 Å². The lowest BCUT2D eigenvalue weighted by atomic mass is 9.89. The Kier molecular flexibility index (Phi) is 3.27. The van der Waals surface area contributed by atoms with Crippen LogP contribution in [0.25, 0.3) is 0 Å². The predicted octanol–water partition coefficient (Wildman–Crippen LogP) is 1.98. The molecule has 0 amide bonds. The summed E-state index contributed by atoms with van der Waals surface area (Å²) >= 11 is 0. The average Bonchev–Trinajstić information content (AvgIpc) is 2.98. The Bertz CT molecular complexity index is 571. The molecule has 0 heterocycles. The Balaban J connectivity index is 1.66. The third-order valence-corrected chi connectivity index (χ3v) is 6.01. The highest BCUT2D eigenvalue weighted by Crippen LogP contribution is 2.48. The molecule has 2 aliphatic carbocycles. The van der Waals surface area contributed by atoms with Crippen LogP contribution in [0.4, 0.5) is 5.69 Å². The highest BCUT2D eigenvalue weighted by molar-refractivity contribution is 7.89. The van der Waals surface area contributed by atoms with Crippen LogP contribution in [0.3, 0.4) is 0 Å². The van der Waals surface area contributed by atoms with E-state index in [-0.39, 0.29) is 4.90 Å². The third-order valence-electron chi connectivity index (χ3n) is 4.59. The number of nitrogens with one attached hydrogen (secondary N) is 1. The van der Waals surface area contributed by atoms with Crippen LogP contribution in [0.1, 0.15) is 25.7 Å². The van der Waals surface area contributed by atoms with Crippen molar-refractivity contribution in [3.63, 3.8) is 0 Å². The number of nitrogen functional groups attached to an aromatic ring is 1. The molecule has 0 spiro atoms. The molecule has 2 aliphatic rings. The summed E-state index contributed by atoms with van der Waals surface area (Å²) in [6.45, 7) is 0.568. The van der Waals surface area contributed by atoms with Crippen molar-refractivity contribution in [2.75, 3.05) is 12.3 Å². The lowest BCUT2D eigenvalue weighted by Crippen LogP contribution is -2.31. The van der Waals surface area contributed by atoms with E-state index >= 15 is 0 Å². The summed E-state index contributed by atoms with van der Waals surface area (Å²) in [4.78, 5) is 0.260. The molecule has 0 aromatic heterocycles. The molecular formula is C14H20N2O2S. The van der Waals surface area contributed by atoms with Crippen molar-refractivity contribution in [1.82, 2.24) is 4.72 Å². The number of fused-ring (bicyclic) bond motifs is 2. The Morgan fingerprint density at radius 2 is 2.11 bits per heavy atom. The van der Waals surface area contributed by atoms with E-state index in [1.807, 2.05) is 0 Å². The van der Waals surface area contributed by atoms with Gasteiger partial charge in [-0.05, 0) is 55.2 Å². The number of benzene rings is 1. The van der Waals surface area contributed by atoms with Gasteiger partial charge in [-0.3, -0.25) is 0 Å². The van der Waals surface area contributed by atoms with Crippen molar-refractivity contribution >= 4 is 15.7 Å². The average molecular weight is 280 g/mol. The highest BCUT2D eigenvalue weighted by atomic mass is 32.2. The number of nitrogens with two attached hydrogens (primary N) is 1. The minimum atomic E-state index is -3.42. The summed E-state index contributed by atoms with van der Waals surface area (Å²) < 4.78 is 27.1. The molecule has 0 aliphatic heterocycles. The fourth-order valence-corrected chi connectivity index (χ4v) is 4.76. The van der Waals surface area contributed by atoms with E-state index in [1.165, 1.54) is 31.7 Å². The van der Waals surface area contributed by atoms with Crippen LogP contribution < -0.4 is 10.5 Å². The minimum absolute atomic E-state index is 0.260. The lowest BCUT2D eigenvalue weighted by Gasteiger charge is -2.21. The number of anilines is 1. The zero-order valence-electron chi connectivity index (χ0n) is 10.9. The molecule has 3 N–H and O–H groups in total. The van der Waals surface area contributed by atoms with E-state index in [1.54, 1.807) is 18.2 Å². The number of hydrogen-bond acceptors (Lipinski definition) is 3. The maximum atomic E-state index is 12.2. The van der Waals surface area contributed by atoms with Crippen LogP contribution in [-0.4, -0.2) is 15.0 Å². The Morgan fingerprint density at radius 1 is 1.26 bits per heavy atom. The summed E-state index contributed by atoms with van der Waals surface area (Å²) in [7, 11) is -3.42. The number of hydrogen-bond donors (Lipinski definition) is 2. The number of rotatable bonds is 4. The van der Waals surface area contributed by atoms with Gasteiger partial charge in [-0.15, -0.1) is 0 Å². The van der Waals surface area contributed by atoms with E-state index < -0.39 is 10.0 Å².